The van der Waals surface area contributed by atoms with Crippen molar-refractivity contribution in [2.75, 3.05) is 0 Å². The molecule has 1 aliphatic carbocycles. The molecule has 0 spiro atoms. The summed E-state index contributed by atoms with van der Waals surface area (Å²) in [5.74, 6) is 4.43. The molecule has 0 heterocycles. The summed E-state index contributed by atoms with van der Waals surface area (Å²) < 4.78 is 0. The number of unbranched alkanes of at least 4 members (excludes halogenated alkanes) is 1. The third kappa shape index (κ3) is 4.26. The molecular formula is C14H25N. The summed E-state index contributed by atoms with van der Waals surface area (Å²) in [6.07, 6.45) is 15.2. The fourth-order valence-electron chi connectivity index (χ4n) is 2.70. The number of hydrogen-bond acceptors (Lipinski definition) is 1. The number of nitrogens with two attached hydrogens (primary N) is 1. The van der Waals surface area contributed by atoms with Gasteiger partial charge in [-0.1, -0.05) is 26.2 Å². The van der Waals surface area contributed by atoms with Crippen LogP contribution in [0.2, 0.25) is 0 Å². The van der Waals surface area contributed by atoms with Gasteiger partial charge in [0.2, 0.25) is 0 Å². The van der Waals surface area contributed by atoms with E-state index in [4.69, 9.17) is 12.2 Å². The molecule has 1 aliphatic rings. The Labute approximate surface area is 94.8 Å². The lowest BCUT2D eigenvalue weighted by atomic mass is 9.77. The van der Waals surface area contributed by atoms with Crippen LogP contribution in [0, 0.1) is 24.2 Å². The molecule has 0 aromatic carbocycles. The molecule has 0 aromatic heterocycles. The van der Waals surface area contributed by atoms with Gasteiger partial charge in [0, 0.05) is 12.5 Å². The summed E-state index contributed by atoms with van der Waals surface area (Å²) in [7, 11) is 0. The lowest BCUT2D eigenvalue weighted by Crippen LogP contribution is -2.32. The molecule has 0 saturated heterocycles. The molecule has 2 N–H and O–H groups in total. The second-order valence-electron chi connectivity index (χ2n) is 4.95. The SMILES string of the molecule is C#CCCCC(N)C1CCC(CC)CC1. The first-order chi connectivity index (χ1) is 7.27. The Kier molecular flexibility index (Phi) is 5.79. The Bertz CT molecular complexity index is 196. The van der Waals surface area contributed by atoms with Gasteiger partial charge >= 0.3 is 0 Å². The molecule has 86 valence electrons. The van der Waals surface area contributed by atoms with Crippen LogP contribution in [0.1, 0.15) is 58.3 Å². The summed E-state index contributed by atoms with van der Waals surface area (Å²) in [6, 6.07) is 0.399. The predicted octanol–water partition coefficient (Wildman–Crippen LogP) is 3.33. The summed E-state index contributed by atoms with van der Waals surface area (Å²) in [6.45, 7) is 2.30. The van der Waals surface area contributed by atoms with Crippen LogP contribution in [0.25, 0.3) is 0 Å². The van der Waals surface area contributed by atoms with Crippen molar-refractivity contribution in [3.63, 3.8) is 0 Å². The normalized spacial score (nSPS) is 28.3. The van der Waals surface area contributed by atoms with Gasteiger partial charge < -0.3 is 5.73 Å². The highest BCUT2D eigenvalue weighted by Gasteiger charge is 2.24. The minimum absolute atomic E-state index is 0.399. The van der Waals surface area contributed by atoms with Crippen LogP contribution in [0.15, 0.2) is 0 Å². The van der Waals surface area contributed by atoms with E-state index in [1.54, 1.807) is 0 Å². The molecule has 1 heteroatoms. The maximum absolute atomic E-state index is 6.21. The lowest BCUT2D eigenvalue weighted by Gasteiger charge is -2.31. The van der Waals surface area contributed by atoms with E-state index >= 15 is 0 Å². The van der Waals surface area contributed by atoms with Gasteiger partial charge in [-0.05, 0) is 37.5 Å². The van der Waals surface area contributed by atoms with Crippen LogP contribution in [0.5, 0.6) is 0 Å². The highest BCUT2D eigenvalue weighted by Crippen LogP contribution is 2.32. The first-order valence-electron chi connectivity index (χ1n) is 6.47. The van der Waals surface area contributed by atoms with Gasteiger partial charge in [-0.2, -0.15) is 0 Å². The second kappa shape index (κ2) is 6.90. The van der Waals surface area contributed by atoms with Crippen molar-refractivity contribution >= 4 is 0 Å². The van der Waals surface area contributed by atoms with E-state index < -0.39 is 0 Å². The third-order valence-corrected chi connectivity index (χ3v) is 3.93. The fraction of sp³-hybridized carbons (Fsp3) is 0.857. The molecular weight excluding hydrogens is 182 g/mol. The van der Waals surface area contributed by atoms with Crippen molar-refractivity contribution in [2.24, 2.45) is 17.6 Å². The van der Waals surface area contributed by atoms with Crippen molar-refractivity contribution in [3.05, 3.63) is 0 Å². The van der Waals surface area contributed by atoms with Crippen molar-refractivity contribution in [1.82, 2.24) is 0 Å². The number of terminal acetylenes is 1. The standard InChI is InChI=1S/C14H25N/c1-3-5-6-7-14(15)13-10-8-12(4-2)9-11-13/h1,12-14H,4-11,15H2,2H3. The summed E-state index contributed by atoms with van der Waals surface area (Å²) in [5.41, 5.74) is 6.21. The summed E-state index contributed by atoms with van der Waals surface area (Å²) in [5, 5.41) is 0. The van der Waals surface area contributed by atoms with E-state index in [1.165, 1.54) is 32.1 Å². The molecule has 0 bridgehead atoms. The van der Waals surface area contributed by atoms with Crippen LogP contribution in [0.3, 0.4) is 0 Å². The summed E-state index contributed by atoms with van der Waals surface area (Å²) in [4.78, 5) is 0. The van der Waals surface area contributed by atoms with E-state index in [0.717, 1.165) is 31.1 Å². The fourth-order valence-corrected chi connectivity index (χ4v) is 2.70. The van der Waals surface area contributed by atoms with Crippen molar-refractivity contribution in [3.8, 4) is 12.3 Å². The molecule has 0 radical (unpaired) electrons. The van der Waals surface area contributed by atoms with Crippen LogP contribution in [0.4, 0.5) is 0 Å². The number of hydrogen-bond donors (Lipinski definition) is 1. The largest absolute Gasteiger partial charge is 0.327 e. The van der Waals surface area contributed by atoms with E-state index in [-0.39, 0.29) is 0 Å². The van der Waals surface area contributed by atoms with Gasteiger partial charge in [0.15, 0.2) is 0 Å². The zero-order valence-corrected chi connectivity index (χ0v) is 10.0. The van der Waals surface area contributed by atoms with Gasteiger partial charge in [-0.15, -0.1) is 12.3 Å². The quantitative estimate of drug-likeness (QED) is 0.543. The Hall–Kier alpha value is -0.480. The maximum Gasteiger partial charge on any atom is 0.00866 e. The third-order valence-electron chi connectivity index (χ3n) is 3.93. The van der Waals surface area contributed by atoms with Crippen LogP contribution in [-0.4, -0.2) is 6.04 Å². The first kappa shape index (κ1) is 12.6. The van der Waals surface area contributed by atoms with E-state index in [0.29, 0.717) is 6.04 Å². The van der Waals surface area contributed by atoms with Crippen LogP contribution < -0.4 is 5.73 Å². The maximum atomic E-state index is 6.21. The Morgan fingerprint density at radius 3 is 2.53 bits per heavy atom. The molecule has 0 aliphatic heterocycles. The van der Waals surface area contributed by atoms with E-state index in [2.05, 4.69) is 12.8 Å². The number of rotatable bonds is 5. The molecule has 1 atom stereocenters. The van der Waals surface area contributed by atoms with Crippen molar-refractivity contribution in [1.29, 1.82) is 0 Å². The van der Waals surface area contributed by atoms with E-state index in [9.17, 15) is 0 Å². The van der Waals surface area contributed by atoms with Crippen molar-refractivity contribution in [2.45, 2.75) is 64.3 Å². The average molecular weight is 207 g/mol. The Morgan fingerprint density at radius 1 is 1.33 bits per heavy atom. The minimum Gasteiger partial charge on any atom is -0.327 e. The zero-order valence-electron chi connectivity index (χ0n) is 10.0. The topological polar surface area (TPSA) is 26.0 Å². The predicted molar refractivity (Wildman–Crippen MR) is 66.4 cm³/mol. The average Bonchev–Trinajstić information content (AvgIpc) is 2.29. The molecule has 1 rings (SSSR count). The van der Waals surface area contributed by atoms with E-state index in [1.807, 2.05) is 0 Å². The molecule has 1 saturated carbocycles. The van der Waals surface area contributed by atoms with Crippen LogP contribution >= 0.6 is 0 Å². The smallest absolute Gasteiger partial charge is 0.00866 e. The highest BCUT2D eigenvalue weighted by atomic mass is 14.6. The minimum atomic E-state index is 0.399. The molecule has 0 aromatic rings. The van der Waals surface area contributed by atoms with Gasteiger partial charge in [-0.25, -0.2) is 0 Å². The molecule has 1 unspecified atom stereocenters. The summed E-state index contributed by atoms with van der Waals surface area (Å²) >= 11 is 0. The Balaban J connectivity index is 2.18. The Morgan fingerprint density at radius 2 is 2.00 bits per heavy atom. The molecule has 1 fully saturated rings. The second-order valence-corrected chi connectivity index (χ2v) is 4.95. The van der Waals surface area contributed by atoms with Crippen molar-refractivity contribution < 1.29 is 0 Å². The molecule has 0 amide bonds. The molecule has 1 nitrogen and oxygen atoms in total. The van der Waals surface area contributed by atoms with Gasteiger partial charge in [0.1, 0.15) is 0 Å². The monoisotopic (exact) mass is 207 g/mol. The van der Waals surface area contributed by atoms with Gasteiger partial charge in [0.25, 0.3) is 0 Å². The molecule has 15 heavy (non-hydrogen) atoms. The van der Waals surface area contributed by atoms with Gasteiger partial charge in [-0.3, -0.25) is 0 Å². The first-order valence-corrected chi connectivity index (χ1v) is 6.47. The zero-order chi connectivity index (χ0) is 11.1. The lowest BCUT2D eigenvalue weighted by molar-refractivity contribution is 0.232. The highest BCUT2D eigenvalue weighted by molar-refractivity contribution is 4.85. The van der Waals surface area contributed by atoms with Gasteiger partial charge in [0.05, 0.1) is 0 Å². The van der Waals surface area contributed by atoms with Crippen LogP contribution in [-0.2, 0) is 0 Å².